The summed E-state index contributed by atoms with van der Waals surface area (Å²) in [6, 6.07) is 3.64. The molecule has 0 aliphatic carbocycles. The van der Waals surface area contributed by atoms with Gasteiger partial charge in [-0.1, -0.05) is 0 Å². The second kappa shape index (κ2) is 5.44. The molecule has 1 heterocycles. The number of carbonyl (C=O) groups excluding carboxylic acids is 1. The first-order chi connectivity index (χ1) is 6.74. The number of hydrogen-bond donors (Lipinski definition) is 0. The standard InChI is InChI=1S/C10H15NO3/c1-3-13-8-10(12)11(2)7-9-5-4-6-14-9/h4-6H,3,7-8H2,1-2H3. The van der Waals surface area contributed by atoms with Crippen molar-refractivity contribution in [3.05, 3.63) is 24.2 Å². The van der Waals surface area contributed by atoms with Gasteiger partial charge in [-0.2, -0.15) is 0 Å². The summed E-state index contributed by atoms with van der Waals surface area (Å²) in [5, 5.41) is 0. The molecule has 1 aromatic rings. The zero-order valence-corrected chi connectivity index (χ0v) is 8.53. The fourth-order valence-electron chi connectivity index (χ4n) is 1.02. The summed E-state index contributed by atoms with van der Waals surface area (Å²) < 4.78 is 10.1. The van der Waals surface area contributed by atoms with Crippen molar-refractivity contribution in [1.29, 1.82) is 0 Å². The van der Waals surface area contributed by atoms with E-state index in [0.717, 1.165) is 5.76 Å². The lowest BCUT2D eigenvalue weighted by Crippen LogP contribution is -2.29. The van der Waals surface area contributed by atoms with E-state index in [1.54, 1.807) is 24.3 Å². The van der Waals surface area contributed by atoms with Crippen LogP contribution in [0.2, 0.25) is 0 Å². The van der Waals surface area contributed by atoms with Crippen LogP contribution in [0.15, 0.2) is 22.8 Å². The molecule has 0 fully saturated rings. The highest BCUT2D eigenvalue weighted by molar-refractivity contribution is 5.77. The van der Waals surface area contributed by atoms with Gasteiger partial charge in [-0.15, -0.1) is 0 Å². The Morgan fingerprint density at radius 3 is 3.00 bits per heavy atom. The molecule has 0 aliphatic heterocycles. The van der Waals surface area contributed by atoms with Crippen LogP contribution < -0.4 is 0 Å². The van der Waals surface area contributed by atoms with Gasteiger partial charge < -0.3 is 14.1 Å². The van der Waals surface area contributed by atoms with Crippen LogP contribution in [0, 0.1) is 0 Å². The van der Waals surface area contributed by atoms with E-state index in [0.29, 0.717) is 13.2 Å². The molecule has 0 atom stereocenters. The molecule has 4 heteroatoms. The summed E-state index contributed by atoms with van der Waals surface area (Å²) in [6.07, 6.45) is 1.59. The van der Waals surface area contributed by atoms with Gasteiger partial charge in [0.05, 0.1) is 12.8 Å². The van der Waals surface area contributed by atoms with Crippen LogP contribution in [0.1, 0.15) is 12.7 Å². The minimum Gasteiger partial charge on any atom is -0.467 e. The lowest BCUT2D eigenvalue weighted by Gasteiger charge is -2.15. The summed E-state index contributed by atoms with van der Waals surface area (Å²) in [5.41, 5.74) is 0. The third-order valence-corrected chi connectivity index (χ3v) is 1.83. The van der Waals surface area contributed by atoms with Crippen molar-refractivity contribution in [1.82, 2.24) is 4.90 Å². The number of likely N-dealkylation sites (N-methyl/N-ethyl adjacent to an activating group) is 1. The number of hydrogen-bond acceptors (Lipinski definition) is 3. The third-order valence-electron chi connectivity index (χ3n) is 1.83. The van der Waals surface area contributed by atoms with Crippen LogP contribution in [0.25, 0.3) is 0 Å². The van der Waals surface area contributed by atoms with Crippen LogP contribution in [-0.2, 0) is 16.1 Å². The van der Waals surface area contributed by atoms with E-state index >= 15 is 0 Å². The molecule has 1 rings (SSSR count). The van der Waals surface area contributed by atoms with Crippen molar-refractivity contribution in [2.45, 2.75) is 13.5 Å². The Kier molecular flexibility index (Phi) is 4.19. The van der Waals surface area contributed by atoms with Gasteiger partial charge >= 0.3 is 0 Å². The number of amides is 1. The maximum atomic E-state index is 11.4. The van der Waals surface area contributed by atoms with Crippen molar-refractivity contribution in [2.75, 3.05) is 20.3 Å². The Morgan fingerprint density at radius 1 is 1.64 bits per heavy atom. The van der Waals surface area contributed by atoms with Crippen LogP contribution in [-0.4, -0.2) is 31.1 Å². The van der Waals surface area contributed by atoms with E-state index in [4.69, 9.17) is 9.15 Å². The predicted molar refractivity (Wildman–Crippen MR) is 51.7 cm³/mol. The molecule has 4 nitrogen and oxygen atoms in total. The number of nitrogens with zero attached hydrogens (tertiary/aromatic N) is 1. The van der Waals surface area contributed by atoms with Crippen LogP contribution in [0.4, 0.5) is 0 Å². The van der Waals surface area contributed by atoms with Crippen molar-refractivity contribution >= 4 is 5.91 Å². The average molecular weight is 197 g/mol. The van der Waals surface area contributed by atoms with Crippen molar-refractivity contribution in [3.63, 3.8) is 0 Å². The summed E-state index contributed by atoms with van der Waals surface area (Å²) in [6.45, 7) is 3.03. The molecule has 0 radical (unpaired) electrons. The van der Waals surface area contributed by atoms with Crippen molar-refractivity contribution < 1.29 is 13.9 Å². The average Bonchev–Trinajstić information content (AvgIpc) is 2.66. The predicted octanol–water partition coefficient (Wildman–Crippen LogP) is 1.27. The molecule has 0 unspecified atom stereocenters. The Bertz CT molecular complexity index is 269. The van der Waals surface area contributed by atoms with Gasteiger partial charge in [0, 0.05) is 13.7 Å². The summed E-state index contributed by atoms with van der Waals surface area (Å²) in [4.78, 5) is 13.0. The van der Waals surface area contributed by atoms with Gasteiger partial charge in [0.25, 0.3) is 0 Å². The van der Waals surface area contributed by atoms with Gasteiger partial charge in [-0.05, 0) is 19.1 Å². The summed E-state index contributed by atoms with van der Waals surface area (Å²) in [5.74, 6) is 0.737. The molecular weight excluding hydrogens is 182 g/mol. The zero-order valence-electron chi connectivity index (χ0n) is 8.53. The van der Waals surface area contributed by atoms with E-state index in [-0.39, 0.29) is 12.5 Å². The second-order valence-electron chi connectivity index (χ2n) is 2.97. The highest BCUT2D eigenvalue weighted by Gasteiger charge is 2.09. The Labute approximate surface area is 83.5 Å². The minimum atomic E-state index is -0.0387. The van der Waals surface area contributed by atoms with Crippen LogP contribution in [0.5, 0.6) is 0 Å². The molecule has 0 aliphatic rings. The molecule has 0 aromatic carbocycles. The maximum absolute atomic E-state index is 11.4. The topological polar surface area (TPSA) is 42.7 Å². The first kappa shape index (κ1) is 10.8. The molecule has 78 valence electrons. The van der Waals surface area contributed by atoms with Gasteiger partial charge in [-0.3, -0.25) is 4.79 Å². The molecular formula is C10H15NO3. The molecule has 0 N–H and O–H groups in total. The first-order valence-corrected chi connectivity index (χ1v) is 4.58. The fraction of sp³-hybridized carbons (Fsp3) is 0.500. The smallest absolute Gasteiger partial charge is 0.248 e. The van der Waals surface area contributed by atoms with Crippen molar-refractivity contribution in [2.24, 2.45) is 0 Å². The van der Waals surface area contributed by atoms with E-state index in [9.17, 15) is 4.79 Å². The minimum absolute atomic E-state index is 0.0387. The fourth-order valence-corrected chi connectivity index (χ4v) is 1.02. The molecule has 0 bridgehead atoms. The number of carbonyl (C=O) groups is 1. The highest BCUT2D eigenvalue weighted by atomic mass is 16.5. The Hall–Kier alpha value is -1.29. The molecule has 0 saturated carbocycles. The normalized spacial score (nSPS) is 10.1. The molecule has 0 saturated heterocycles. The SMILES string of the molecule is CCOCC(=O)N(C)Cc1ccco1. The molecule has 14 heavy (non-hydrogen) atoms. The highest BCUT2D eigenvalue weighted by Crippen LogP contribution is 2.03. The number of furan rings is 1. The van der Waals surface area contributed by atoms with Gasteiger partial charge in [0.1, 0.15) is 12.4 Å². The third kappa shape index (κ3) is 3.22. The van der Waals surface area contributed by atoms with E-state index < -0.39 is 0 Å². The van der Waals surface area contributed by atoms with E-state index in [1.165, 1.54) is 0 Å². The van der Waals surface area contributed by atoms with Gasteiger partial charge in [-0.25, -0.2) is 0 Å². The van der Waals surface area contributed by atoms with Gasteiger partial charge in [0.2, 0.25) is 5.91 Å². The molecule has 1 amide bonds. The first-order valence-electron chi connectivity index (χ1n) is 4.58. The summed E-state index contributed by atoms with van der Waals surface area (Å²) >= 11 is 0. The number of rotatable bonds is 5. The maximum Gasteiger partial charge on any atom is 0.248 e. The number of ether oxygens (including phenoxy) is 1. The van der Waals surface area contributed by atoms with E-state index in [2.05, 4.69) is 0 Å². The molecule has 1 aromatic heterocycles. The largest absolute Gasteiger partial charge is 0.467 e. The van der Waals surface area contributed by atoms with Crippen LogP contribution >= 0.6 is 0 Å². The lowest BCUT2D eigenvalue weighted by atomic mass is 10.4. The van der Waals surface area contributed by atoms with Gasteiger partial charge in [0.15, 0.2) is 0 Å². The Balaban J connectivity index is 2.34. The van der Waals surface area contributed by atoms with E-state index in [1.807, 2.05) is 13.0 Å². The van der Waals surface area contributed by atoms with Crippen molar-refractivity contribution in [3.8, 4) is 0 Å². The lowest BCUT2D eigenvalue weighted by molar-refractivity contribution is -0.135. The summed E-state index contributed by atoms with van der Waals surface area (Å²) in [7, 11) is 1.73. The monoisotopic (exact) mass is 197 g/mol. The quantitative estimate of drug-likeness (QED) is 0.714. The molecule has 0 spiro atoms. The Morgan fingerprint density at radius 2 is 2.43 bits per heavy atom. The zero-order chi connectivity index (χ0) is 10.4. The van der Waals surface area contributed by atoms with Crippen LogP contribution in [0.3, 0.4) is 0 Å². The second-order valence-corrected chi connectivity index (χ2v) is 2.97.